The SMILES string of the molecule is C[C@H]1C[C@H]1C(F)(F)F.O=CN1CCC2(CC1)CO2. The van der Waals surface area contributed by atoms with Gasteiger partial charge in [-0.15, -0.1) is 0 Å². The molecule has 104 valence electrons. The molecule has 6 heteroatoms. The summed E-state index contributed by atoms with van der Waals surface area (Å²) < 4.78 is 39.8. The van der Waals surface area contributed by atoms with Gasteiger partial charge in [-0.25, -0.2) is 0 Å². The Balaban J connectivity index is 0.000000138. The van der Waals surface area contributed by atoms with E-state index in [1.165, 1.54) is 0 Å². The van der Waals surface area contributed by atoms with Crippen molar-refractivity contribution in [3.8, 4) is 0 Å². The predicted molar refractivity (Wildman–Crippen MR) is 58.9 cm³/mol. The smallest absolute Gasteiger partial charge is 0.369 e. The van der Waals surface area contributed by atoms with Gasteiger partial charge in [0.15, 0.2) is 0 Å². The number of hydrogen-bond acceptors (Lipinski definition) is 2. The normalized spacial score (nSPS) is 32.6. The van der Waals surface area contributed by atoms with Gasteiger partial charge in [0.1, 0.15) is 0 Å². The molecule has 0 radical (unpaired) electrons. The van der Waals surface area contributed by atoms with E-state index in [-0.39, 0.29) is 11.5 Å². The van der Waals surface area contributed by atoms with Gasteiger partial charge in [-0.05, 0) is 25.2 Å². The van der Waals surface area contributed by atoms with Crippen LogP contribution in [0.4, 0.5) is 13.2 Å². The number of halogens is 3. The van der Waals surface area contributed by atoms with Crippen LogP contribution in [0.15, 0.2) is 0 Å². The minimum absolute atomic E-state index is 0.116. The number of piperidine rings is 1. The highest BCUT2D eigenvalue weighted by Crippen LogP contribution is 2.49. The lowest BCUT2D eigenvalue weighted by molar-refractivity contribution is -0.150. The van der Waals surface area contributed by atoms with Crippen molar-refractivity contribution in [2.75, 3.05) is 19.7 Å². The molecule has 1 amide bonds. The Bertz CT molecular complexity index is 305. The minimum Gasteiger partial charge on any atom is -0.369 e. The maximum Gasteiger partial charge on any atom is 0.392 e. The van der Waals surface area contributed by atoms with E-state index in [1.807, 2.05) is 4.90 Å². The Morgan fingerprint density at radius 2 is 1.83 bits per heavy atom. The average Bonchev–Trinajstić information content (AvgIpc) is 3.20. The Kier molecular flexibility index (Phi) is 3.58. The number of nitrogens with zero attached hydrogens (tertiary/aromatic N) is 1. The monoisotopic (exact) mass is 265 g/mol. The number of amides is 1. The van der Waals surface area contributed by atoms with E-state index in [1.54, 1.807) is 6.92 Å². The van der Waals surface area contributed by atoms with Crippen LogP contribution in [-0.4, -0.2) is 42.8 Å². The molecule has 0 aromatic rings. The number of carbonyl (C=O) groups is 1. The molecule has 2 saturated heterocycles. The fourth-order valence-electron chi connectivity index (χ4n) is 2.21. The molecule has 3 fully saturated rings. The van der Waals surface area contributed by atoms with Crippen LogP contribution >= 0.6 is 0 Å². The van der Waals surface area contributed by atoms with E-state index in [9.17, 15) is 18.0 Å². The molecule has 2 atom stereocenters. The van der Waals surface area contributed by atoms with Crippen LogP contribution in [0.1, 0.15) is 26.2 Å². The summed E-state index contributed by atoms with van der Waals surface area (Å²) in [6.45, 7) is 4.30. The quantitative estimate of drug-likeness (QED) is 0.538. The van der Waals surface area contributed by atoms with Gasteiger partial charge in [-0.2, -0.15) is 13.2 Å². The van der Waals surface area contributed by atoms with E-state index in [0.717, 1.165) is 38.9 Å². The maximum absolute atomic E-state index is 11.5. The molecule has 3 nitrogen and oxygen atoms in total. The van der Waals surface area contributed by atoms with Gasteiger partial charge in [0.2, 0.25) is 6.41 Å². The van der Waals surface area contributed by atoms with Crippen molar-refractivity contribution in [1.82, 2.24) is 4.90 Å². The summed E-state index contributed by atoms with van der Waals surface area (Å²) in [7, 11) is 0. The van der Waals surface area contributed by atoms with Gasteiger partial charge >= 0.3 is 6.18 Å². The third-order valence-corrected chi connectivity index (χ3v) is 3.94. The second kappa shape index (κ2) is 4.72. The molecule has 3 rings (SSSR count). The van der Waals surface area contributed by atoms with Crippen molar-refractivity contribution in [2.45, 2.75) is 38.0 Å². The van der Waals surface area contributed by atoms with Crippen LogP contribution < -0.4 is 0 Å². The minimum atomic E-state index is -3.92. The summed E-state index contributed by atoms with van der Waals surface area (Å²) in [5.74, 6) is -1.10. The van der Waals surface area contributed by atoms with Crippen molar-refractivity contribution < 1.29 is 22.7 Å². The summed E-state index contributed by atoms with van der Waals surface area (Å²) >= 11 is 0. The molecular weight excluding hydrogens is 247 g/mol. The highest BCUT2D eigenvalue weighted by Gasteiger charge is 2.53. The second-order valence-corrected chi connectivity index (χ2v) is 5.47. The Labute approximate surface area is 104 Å². The first kappa shape index (κ1) is 13.6. The number of carbonyl (C=O) groups excluding carboxylic acids is 1. The maximum atomic E-state index is 11.5. The van der Waals surface area contributed by atoms with Crippen LogP contribution in [-0.2, 0) is 9.53 Å². The van der Waals surface area contributed by atoms with Crippen molar-refractivity contribution in [2.24, 2.45) is 11.8 Å². The van der Waals surface area contributed by atoms with Crippen molar-refractivity contribution in [3.05, 3.63) is 0 Å². The summed E-state index contributed by atoms with van der Waals surface area (Å²) in [6.07, 6.45) is -0.588. The zero-order valence-electron chi connectivity index (χ0n) is 10.4. The van der Waals surface area contributed by atoms with Gasteiger partial charge in [0.05, 0.1) is 18.1 Å². The lowest BCUT2D eigenvalue weighted by atomic mass is 9.98. The van der Waals surface area contributed by atoms with Crippen LogP contribution in [0.3, 0.4) is 0 Å². The molecular formula is C12H18F3NO2. The molecule has 2 aliphatic heterocycles. The highest BCUT2D eigenvalue weighted by atomic mass is 19.4. The van der Waals surface area contributed by atoms with Gasteiger partial charge in [-0.3, -0.25) is 4.79 Å². The number of rotatable bonds is 1. The van der Waals surface area contributed by atoms with Crippen molar-refractivity contribution >= 4 is 6.41 Å². The molecule has 2 heterocycles. The second-order valence-electron chi connectivity index (χ2n) is 5.47. The van der Waals surface area contributed by atoms with E-state index < -0.39 is 12.1 Å². The molecule has 18 heavy (non-hydrogen) atoms. The zero-order chi connectivity index (χ0) is 13.4. The molecule has 0 unspecified atom stereocenters. The van der Waals surface area contributed by atoms with Crippen molar-refractivity contribution in [1.29, 1.82) is 0 Å². The topological polar surface area (TPSA) is 32.8 Å². The summed E-state index contributed by atoms with van der Waals surface area (Å²) in [5.41, 5.74) is 0.208. The van der Waals surface area contributed by atoms with Gasteiger partial charge in [-0.1, -0.05) is 6.92 Å². The summed E-state index contributed by atoms with van der Waals surface area (Å²) in [5, 5.41) is 0. The largest absolute Gasteiger partial charge is 0.392 e. The molecule has 1 spiro atoms. The average molecular weight is 265 g/mol. The molecule has 3 aliphatic rings. The number of likely N-dealkylation sites (tertiary alicyclic amines) is 1. The third-order valence-electron chi connectivity index (χ3n) is 3.94. The van der Waals surface area contributed by atoms with Gasteiger partial charge < -0.3 is 9.64 Å². The number of hydrogen-bond donors (Lipinski definition) is 0. The third kappa shape index (κ3) is 3.37. The fourth-order valence-corrected chi connectivity index (χ4v) is 2.21. The van der Waals surface area contributed by atoms with Gasteiger partial charge in [0, 0.05) is 13.1 Å². The molecule has 0 aromatic carbocycles. The zero-order valence-corrected chi connectivity index (χ0v) is 10.4. The fraction of sp³-hybridized carbons (Fsp3) is 0.917. The van der Waals surface area contributed by atoms with Crippen LogP contribution in [0.5, 0.6) is 0 Å². The first-order chi connectivity index (χ1) is 8.36. The molecule has 1 aliphatic carbocycles. The lowest BCUT2D eigenvalue weighted by Gasteiger charge is -2.26. The summed E-state index contributed by atoms with van der Waals surface area (Å²) in [4.78, 5) is 12.1. The van der Waals surface area contributed by atoms with Crippen LogP contribution in [0.25, 0.3) is 0 Å². The van der Waals surface area contributed by atoms with Crippen molar-refractivity contribution in [3.63, 3.8) is 0 Å². The van der Waals surface area contributed by atoms with Gasteiger partial charge in [0.25, 0.3) is 0 Å². The number of ether oxygens (including phenoxy) is 1. The Morgan fingerprint density at radius 3 is 2.06 bits per heavy atom. The number of epoxide rings is 1. The molecule has 0 bridgehead atoms. The van der Waals surface area contributed by atoms with E-state index >= 15 is 0 Å². The molecule has 0 N–H and O–H groups in total. The van der Waals surface area contributed by atoms with Crippen LogP contribution in [0.2, 0.25) is 0 Å². The Morgan fingerprint density at radius 1 is 1.33 bits per heavy atom. The summed E-state index contributed by atoms with van der Waals surface area (Å²) in [6, 6.07) is 0. The van der Waals surface area contributed by atoms with Crippen LogP contribution in [0, 0.1) is 11.8 Å². The lowest BCUT2D eigenvalue weighted by Crippen LogP contribution is -2.36. The number of alkyl halides is 3. The van der Waals surface area contributed by atoms with E-state index in [4.69, 9.17) is 4.74 Å². The highest BCUT2D eigenvalue weighted by molar-refractivity contribution is 5.47. The molecule has 1 saturated carbocycles. The van der Waals surface area contributed by atoms with E-state index in [2.05, 4.69) is 0 Å². The van der Waals surface area contributed by atoms with E-state index in [0.29, 0.717) is 6.42 Å². The molecule has 0 aromatic heterocycles. The Hall–Kier alpha value is -0.780. The first-order valence-corrected chi connectivity index (χ1v) is 6.26. The predicted octanol–water partition coefficient (Wildman–Crippen LogP) is 2.21. The standard InChI is InChI=1S/C7H11NO2.C5H7F3/c9-6-8-3-1-7(2-4-8)5-10-7;1-3-2-4(3)5(6,7)8/h6H,1-5H2;3-4H,2H2,1H3/t;3-,4+/m.0/s1. The first-order valence-electron chi connectivity index (χ1n) is 6.26.